The molecule has 0 radical (unpaired) electrons. The third-order valence-electron chi connectivity index (χ3n) is 5.06. The number of nitrogens with one attached hydrogen (secondary N) is 1. The van der Waals surface area contributed by atoms with Crippen molar-refractivity contribution in [2.45, 2.75) is 37.7 Å². The average Bonchev–Trinajstić information content (AvgIpc) is 2.74. The topological polar surface area (TPSA) is 96.0 Å². The molecule has 8 nitrogen and oxygen atoms in total. The molecule has 2 amide bonds. The van der Waals surface area contributed by atoms with Crippen molar-refractivity contribution >= 4 is 33.2 Å². The van der Waals surface area contributed by atoms with Crippen molar-refractivity contribution in [2.24, 2.45) is 0 Å². The molecule has 1 N–H and O–H groups in total. The first-order valence-corrected chi connectivity index (χ1v) is 11.5. The number of hydrogen-bond donors (Lipinski definition) is 1. The Labute approximate surface area is 182 Å². The number of nitrogens with zero attached hydrogens (tertiary/aromatic N) is 2. The van der Waals surface area contributed by atoms with E-state index >= 15 is 0 Å². The summed E-state index contributed by atoms with van der Waals surface area (Å²) in [6.07, 6.45) is 1.25. The van der Waals surface area contributed by atoms with Crippen LogP contribution in [0, 0.1) is 0 Å². The van der Waals surface area contributed by atoms with Crippen LogP contribution in [-0.2, 0) is 14.8 Å². The maximum atomic E-state index is 12.7. The highest BCUT2D eigenvalue weighted by molar-refractivity contribution is 7.89. The van der Waals surface area contributed by atoms with Crippen LogP contribution in [0.1, 0.15) is 37.0 Å². The third-order valence-corrected chi connectivity index (χ3v) is 6.88. The molecule has 3 rings (SSSR count). The number of amides is 2. The van der Waals surface area contributed by atoms with Gasteiger partial charge in [0.2, 0.25) is 10.0 Å². The van der Waals surface area contributed by atoms with Gasteiger partial charge in [-0.25, -0.2) is 12.7 Å². The van der Waals surface area contributed by atoms with E-state index < -0.39 is 16.1 Å². The molecule has 1 unspecified atom stereocenters. The number of hydrogen-bond acceptors (Lipinski definition) is 5. The summed E-state index contributed by atoms with van der Waals surface area (Å²) >= 11 is 0. The van der Waals surface area contributed by atoms with Crippen LogP contribution in [0.2, 0.25) is 0 Å². The second-order valence-electron chi connectivity index (χ2n) is 7.55. The molecule has 1 atom stereocenters. The molecule has 0 aliphatic carbocycles. The van der Waals surface area contributed by atoms with Crippen LogP contribution in [0.4, 0.5) is 11.4 Å². The van der Waals surface area contributed by atoms with E-state index in [0.717, 1.165) is 17.1 Å². The number of fused-ring (bicyclic) bond motifs is 1. The first kappa shape index (κ1) is 22.8. The molecule has 2 aromatic rings. The molecule has 0 saturated heterocycles. The van der Waals surface area contributed by atoms with Gasteiger partial charge < -0.3 is 15.0 Å². The fourth-order valence-corrected chi connectivity index (χ4v) is 4.13. The molecular formula is C22H27N3O5S. The lowest BCUT2D eigenvalue weighted by molar-refractivity contribution is -0.125. The van der Waals surface area contributed by atoms with Crippen LogP contribution in [-0.4, -0.2) is 51.3 Å². The highest BCUT2D eigenvalue weighted by Crippen LogP contribution is 2.36. The van der Waals surface area contributed by atoms with E-state index in [-0.39, 0.29) is 16.7 Å². The second kappa shape index (κ2) is 9.07. The van der Waals surface area contributed by atoms with Crippen molar-refractivity contribution in [1.29, 1.82) is 0 Å². The van der Waals surface area contributed by atoms with E-state index in [2.05, 4.69) is 12.2 Å². The molecule has 1 heterocycles. The average molecular weight is 446 g/mol. The van der Waals surface area contributed by atoms with E-state index in [1.165, 1.54) is 38.4 Å². The van der Waals surface area contributed by atoms with Gasteiger partial charge >= 0.3 is 0 Å². The number of rotatable bonds is 7. The highest BCUT2D eigenvalue weighted by Gasteiger charge is 2.31. The summed E-state index contributed by atoms with van der Waals surface area (Å²) < 4.78 is 31.2. The Morgan fingerprint density at radius 3 is 2.45 bits per heavy atom. The largest absolute Gasteiger partial charge is 0.479 e. The smallest absolute Gasteiger partial charge is 0.267 e. The van der Waals surface area contributed by atoms with Gasteiger partial charge in [-0.3, -0.25) is 9.59 Å². The summed E-state index contributed by atoms with van der Waals surface area (Å²) in [6.45, 7) is 4.36. The maximum Gasteiger partial charge on any atom is 0.267 e. The van der Waals surface area contributed by atoms with E-state index in [9.17, 15) is 18.0 Å². The van der Waals surface area contributed by atoms with Gasteiger partial charge in [-0.2, -0.15) is 0 Å². The zero-order valence-corrected chi connectivity index (χ0v) is 18.9. The van der Waals surface area contributed by atoms with Gasteiger partial charge in [-0.05, 0) is 55.8 Å². The highest BCUT2D eigenvalue weighted by atomic mass is 32.2. The van der Waals surface area contributed by atoms with Crippen molar-refractivity contribution in [2.75, 3.05) is 30.9 Å². The summed E-state index contributed by atoms with van der Waals surface area (Å²) in [5.41, 5.74) is 1.46. The summed E-state index contributed by atoms with van der Waals surface area (Å²) in [6, 6.07) is 10.9. The summed E-state index contributed by atoms with van der Waals surface area (Å²) in [5, 5.41) is 2.80. The van der Waals surface area contributed by atoms with E-state index in [1.54, 1.807) is 30.0 Å². The molecule has 0 fully saturated rings. The van der Waals surface area contributed by atoms with E-state index in [1.807, 2.05) is 0 Å². The number of ether oxygens (including phenoxy) is 1. The summed E-state index contributed by atoms with van der Waals surface area (Å²) in [5.74, 6) is 0.104. The lowest BCUT2D eigenvalue weighted by atomic mass is 10.1. The lowest BCUT2D eigenvalue weighted by Crippen LogP contribution is -2.44. The molecule has 1 aliphatic rings. The quantitative estimate of drug-likeness (QED) is 0.707. The third kappa shape index (κ3) is 4.72. The van der Waals surface area contributed by atoms with E-state index in [4.69, 9.17) is 4.74 Å². The minimum atomic E-state index is -3.56. The predicted octanol–water partition coefficient (Wildman–Crippen LogP) is 3.10. The van der Waals surface area contributed by atoms with Gasteiger partial charge in [0, 0.05) is 31.9 Å². The predicted molar refractivity (Wildman–Crippen MR) is 119 cm³/mol. The fraction of sp³-hybridized carbons (Fsp3) is 0.364. The Morgan fingerprint density at radius 2 is 1.84 bits per heavy atom. The first-order valence-electron chi connectivity index (χ1n) is 10.1. The number of carbonyl (C=O) groups excluding carboxylic acids is 2. The van der Waals surface area contributed by atoms with Crippen molar-refractivity contribution in [3.8, 4) is 5.75 Å². The van der Waals surface area contributed by atoms with Crippen molar-refractivity contribution in [3.63, 3.8) is 0 Å². The number of sulfonamides is 1. The number of anilines is 2. The molecule has 0 aromatic heterocycles. The van der Waals surface area contributed by atoms with Gasteiger partial charge in [0.05, 0.1) is 10.6 Å². The second-order valence-corrected chi connectivity index (χ2v) is 9.70. The maximum absolute atomic E-state index is 12.7. The van der Waals surface area contributed by atoms with E-state index in [0.29, 0.717) is 29.2 Å². The molecule has 2 aromatic carbocycles. The normalized spacial score (nSPS) is 16.1. The van der Waals surface area contributed by atoms with Gasteiger partial charge in [0.1, 0.15) is 5.75 Å². The zero-order valence-electron chi connectivity index (χ0n) is 18.1. The number of benzene rings is 2. The van der Waals surface area contributed by atoms with Gasteiger partial charge in [-0.15, -0.1) is 0 Å². The van der Waals surface area contributed by atoms with Crippen LogP contribution >= 0.6 is 0 Å². The molecular weight excluding hydrogens is 418 g/mol. The minimum absolute atomic E-state index is 0.109. The monoisotopic (exact) mass is 445 g/mol. The molecule has 1 aliphatic heterocycles. The number of carbonyl (C=O) groups is 2. The SMILES string of the molecule is CCCCN1C(=O)C(C)Oc2ccc(NC(=O)c3ccc(S(=O)(=O)N(C)C)cc3)cc21. The molecule has 0 saturated carbocycles. The van der Waals surface area contributed by atoms with Gasteiger partial charge in [-0.1, -0.05) is 13.3 Å². The Balaban J connectivity index is 1.81. The first-order chi connectivity index (χ1) is 14.6. The molecule has 9 heteroatoms. The Bertz CT molecular complexity index is 1080. The standard InChI is InChI=1S/C22H27N3O5S/c1-5-6-13-25-19-14-17(9-12-20(19)30-15(2)22(25)27)23-21(26)16-7-10-18(11-8-16)31(28,29)24(3)4/h7-12,14-15H,5-6,13H2,1-4H3,(H,23,26). The molecule has 166 valence electrons. The zero-order chi connectivity index (χ0) is 22.8. The summed E-state index contributed by atoms with van der Waals surface area (Å²) in [4.78, 5) is 27.0. The van der Waals surface area contributed by atoms with Crippen molar-refractivity contribution in [3.05, 3.63) is 48.0 Å². The Morgan fingerprint density at radius 1 is 1.16 bits per heavy atom. The van der Waals surface area contributed by atoms with Crippen LogP contribution in [0.5, 0.6) is 5.75 Å². The lowest BCUT2D eigenvalue weighted by Gasteiger charge is -2.33. The van der Waals surface area contributed by atoms with Gasteiger partial charge in [0.25, 0.3) is 11.8 Å². The Hall–Kier alpha value is -2.91. The molecule has 31 heavy (non-hydrogen) atoms. The molecule has 0 spiro atoms. The Kier molecular flexibility index (Phi) is 6.66. The number of unbranched alkanes of at least 4 members (excludes halogenated alkanes) is 1. The summed E-state index contributed by atoms with van der Waals surface area (Å²) in [7, 11) is -0.663. The van der Waals surface area contributed by atoms with Crippen molar-refractivity contribution < 1.29 is 22.7 Å². The van der Waals surface area contributed by atoms with Crippen LogP contribution < -0.4 is 15.0 Å². The van der Waals surface area contributed by atoms with Crippen LogP contribution in [0.25, 0.3) is 0 Å². The molecule has 0 bridgehead atoms. The van der Waals surface area contributed by atoms with Crippen LogP contribution in [0.15, 0.2) is 47.4 Å². The minimum Gasteiger partial charge on any atom is -0.479 e. The fourth-order valence-electron chi connectivity index (χ4n) is 3.22. The van der Waals surface area contributed by atoms with Gasteiger partial charge in [0.15, 0.2) is 6.10 Å². The van der Waals surface area contributed by atoms with Crippen LogP contribution in [0.3, 0.4) is 0 Å². The van der Waals surface area contributed by atoms with Crippen molar-refractivity contribution in [1.82, 2.24) is 4.31 Å².